The third-order valence-electron chi connectivity index (χ3n) is 3.87. The lowest BCUT2D eigenvalue weighted by molar-refractivity contribution is 0.617. The third kappa shape index (κ3) is 2.32. The average molecular weight is 236 g/mol. The Balaban J connectivity index is 2.28. The minimum atomic E-state index is 0.695. The molecule has 4 heteroatoms. The molecule has 1 aliphatic carbocycles. The normalized spacial score (nSPS) is 16.7. The lowest BCUT2D eigenvalue weighted by Crippen LogP contribution is -2.31. The molecule has 1 fully saturated rings. The molecular weight excluding hydrogens is 212 g/mol. The molecule has 1 aromatic heterocycles. The molecule has 0 aromatic carbocycles. The van der Waals surface area contributed by atoms with E-state index in [1.54, 1.807) is 0 Å². The Morgan fingerprint density at radius 3 is 2.65 bits per heavy atom. The van der Waals surface area contributed by atoms with Gasteiger partial charge in [-0.15, -0.1) is 0 Å². The summed E-state index contributed by atoms with van der Waals surface area (Å²) < 4.78 is 2.03. The number of anilines is 1. The van der Waals surface area contributed by atoms with Crippen LogP contribution in [0.25, 0.3) is 0 Å². The van der Waals surface area contributed by atoms with E-state index in [9.17, 15) is 0 Å². The molecule has 0 aliphatic heterocycles. The topological polar surface area (TPSA) is 33.1 Å². The van der Waals surface area contributed by atoms with E-state index >= 15 is 0 Å². The van der Waals surface area contributed by atoms with Crippen LogP contribution in [0.4, 0.5) is 5.82 Å². The number of nitrogens with one attached hydrogen (secondary N) is 1. The molecule has 17 heavy (non-hydrogen) atoms. The number of rotatable bonds is 4. The van der Waals surface area contributed by atoms with Crippen molar-refractivity contribution in [2.24, 2.45) is 7.05 Å². The van der Waals surface area contributed by atoms with Gasteiger partial charge in [-0.3, -0.25) is 4.68 Å². The van der Waals surface area contributed by atoms with E-state index in [4.69, 9.17) is 0 Å². The van der Waals surface area contributed by atoms with Crippen molar-refractivity contribution in [1.82, 2.24) is 15.1 Å². The van der Waals surface area contributed by atoms with Crippen LogP contribution in [0.3, 0.4) is 0 Å². The second kappa shape index (κ2) is 5.08. The summed E-state index contributed by atoms with van der Waals surface area (Å²) in [5, 5.41) is 7.80. The highest BCUT2D eigenvalue weighted by molar-refractivity contribution is 5.50. The zero-order valence-electron chi connectivity index (χ0n) is 11.5. The second-order valence-electron chi connectivity index (χ2n) is 5.09. The van der Waals surface area contributed by atoms with Crippen LogP contribution in [-0.2, 0) is 13.6 Å². The highest BCUT2D eigenvalue weighted by atomic mass is 15.4. The van der Waals surface area contributed by atoms with Gasteiger partial charge in [-0.05, 0) is 26.8 Å². The Hall–Kier alpha value is -1.03. The summed E-state index contributed by atoms with van der Waals surface area (Å²) in [5.41, 5.74) is 2.48. The highest BCUT2D eigenvalue weighted by Gasteiger charge is 2.24. The van der Waals surface area contributed by atoms with Gasteiger partial charge in [0.15, 0.2) is 0 Å². The molecule has 4 nitrogen and oxygen atoms in total. The van der Waals surface area contributed by atoms with Crippen molar-refractivity contribution in [1.29, 1.82) is 0 Å². The van der Waals surface area contributed by atoms with E-state index in [0.717, 1.165) is 12.2 Å². The molecule has 2 rings (SSSR count). The number of aromatic nitrogens is 2. The first-order chi connectivity index (χ1) is 8.15. The predicted octanol–water partition coefficient (Wildman–Crippen LogP) is 1.83. The zero-order chi connectivity index (χ0) is 12.4. The summed E-state index contributed by atoms with van der Waals surface area (Å²) in [4.78, 5) is 2.43. The van der Waals surface area contributed by atoms with Gasteiger partial charge in [0.05, 0.1) is 5.69 Å². The standard InChI is InChI=1S/C13H24N4/c1-10-12(9-14-2)13(17(4)15-10)16(3)11-7-5-6-8-11/h11,14H,5-9H2,1-4H3. The van der Waals surface area contributed by atoms with E-state index in [1.165, 1.54) is 37.1 Å². The fourth-order valence-corrected chi connectivity index (χ4v) is 2.98. The Kier molecular flexibility index (Phi) is 3.72. The molecule has 0 unspecified atom stereocenters. The van der Waals surface area contributed by atoms with Gasteiger partial charge in [0, 0.05) is 32.2 Å². The van der Waals surface area contributed by atoms with Gasteiger partial charge in [-0.1, -0.05) is 12.8 Å². The van der Waals surface area contributed by atoms with Gasteiger partial charge >= 0.3 is 0 Å². The molecule has 1 aromatic rings. The van der Waals surface area contributed by atoms with Gasteiger partial charge in [0.2, 0.25) is 0 Å². The van der Waals surface area contributed by atoms with Crippen molar-refractivity contribution in [3.05, 3.63) is 11.3 Å². The molecule has 1 saturated carbocycles. The summed E-state index contributed by atoms with van der Waals surface area (Å²) in [6.07, 6.45) is 5.37. The fourth-order valence-electron chi connectivity index (χ4n) is 2.98. The lowest BCUT2D eigenvalue weighted by atomic mass is 10.2. The lowest BCUT2D eigenvalue weighted by Gasteiger charge is -2.27. The van der Waals surface area contributed by atoms with Crippen molar-refractivity contribution in [3.63, 3.8) is 0 Å². The van der Waals surface area contributed by atoms with Crippen LogP contribution in [0.1, 0.15) is 36.9 Å². The highest BCUT2D eigenvalue weighted by Crippen LogP contribution is 2.30. The fraction of sp³-hybridized carbons (Fsp3) is 0.769. The molecule has 1 aliphatic rings. The summed E-state index contributed by atoms with van der Waals surface area (Å²) in [6.45, 7) is 2.99. The van der Waals surface area contributed by atoms with E-state index in [0.29, 0.717) is 6.04 Å². The van der Waals surface area contributed by atoms with Gasteiger partial charge < -0.3 is 10.2 Å². The quantitative estimate of drug-likeness (QED) is 0.866. The number of nitrogens with zero attached hydrogens (tertiary/aromatic N) is 3. The van der Waals surface area contributed by atoms with Gasteiger partial charge in [-0.2, -0.15) is 5.10 Å². The van der Waals surface area contributed by atoms with Crippen molar-refractivity contribution in [2.75, 3.05) is 19.0 Å². The maximum Gasteiger partial charge on any atom is 0.131 e. The monoisotopic (exact) mass is 236 g/mol. The van der Waals surface area contributed by atoms with Crippen LogP contribution >= 0.6 is 0 Å². The second-order valence-corrected chi connectivity index (χ2v) is 5.09. The van der Waals surface area contributed by atoms with E-state index in [2.05, 4.69) is 29.3 Å². The van der Waals surface area contributed by atoms with Crippen LogP contribution in [0.15, 0.2) is 0 Å². The molecule has 0 bridgehead atoms. The summed E-state index contributed by atoms with van der Waals surface area (Å²) in [5.74, 6) is 1.28. The smallest absolute Gasteiger partial charge is 0.131 e. The van der Waals surface area contributed by atoms with Gasteiger partial charge in [0.25, 0.3) is 0 Å². The van der Waals surface area contributed by atoms with Crippen molar-refractivity contribution in [2.45, 2.75) is 45.2 Å². The maximum absolute atomic E-state index is 4.56. The molecule has 96 valence electrons. The van der Waals surface area contributed by atoms with Gasteiger partial charge in [-0.25, -0.2) is 0 Å². The Morgan fingerprint density at radius 2 is 2.06 bits per heavy atom. The third-order valence-corrected chi connectivity index (χ3v) is 3.87. The van der Waals surface area contributed by atoms with E-state index < -0.39 is 0 Å². The summed E-state index contributed by atoms with van der Waals surface area (Å²) in [7, 11) is 6.25. The van der Waals surface area contributed by atoms with Crippen LogP contribution in [-0.4, -0.2) is 29.9 Å². The summed E-state index contributed by atoms with van der Waals surface area (Å²) >= 11 is 0. The minimum Gasteiger partial charge on any atom is -0.357 e. The Labute approximate surface area is 104 Å². The molecular formula is C13H24N4. The molecule has 0 radical (unpaired) electrons. The number of aryl methyl sites for hydroxylation is 2. The predicted molar refractivity (Wildman–Crippen MR) is 71.4 cm³/mol. The van der Waals surface area contributed by atoms with E-state index in [-0.39, 0.29) is 0 Å². The van der Waals surface area contributed by atoms with Crippen molar-refractivity contribution >= 4 is 5.82 Å². The molecule has 0 saturated heterocycles. The number of hydrogen-bond acceptors (Lipinski definition) is 3. The molecule has 0 amide bonds. The van der Waals surface area contributed by atoms with Crippen LogP contribution in [0.2, 0.25) is 0 Å². The SMILES string of the molecule is CNCc1c(C)nn(C)c1N(C)C1CCCC1. The maximum atomic E-state index is 4.56. The van der Waals surface area contributed by atoms with Crippen LogP contribution in [0.5, 0.6) is 0 Å². The molecule has 0 spiro atoms. The van der Waals surface area contributed by atoms with E-state index in [1.807, 2.05) is 18.8 Å². The number of hydrogen-bond donors (Lipinski definition) is 1. The summed E-state index contributed by atoms with van der Waals surface area (Å²) in [6, 6.07) is 0.695. The Morgan fingerprint density at radius 1 is 1.41 bits per heavy atom. The first kappa shape index (κ1) is 12.4. The van der Waals surface area contributed by atoms with Crippen molar-refractivity contribution < 1.29 is 0 Å². The van der Waals surface area contributed by atoms with Crippen LogP contribution in [0, 0.1) is 6.92 Å². The van der Waals surface area contributed by atoms with Crippen molar-refractivity contribution in [3.8, 4) is 0 Å². The molecule has 1 N–H and O–H groups in total. The largest absolute Gasteiger partial charge is 0.357 e. The first-order valence-electron chi connectivity index (χ1n) is 6.55. The average Bonchev–Trinajstić information content (AvgIpc) is 2.88. The first-order valence-corrected chi connectivity index (χ1v) is 6.55. The minimum absolute atomic E-state index is 0.695. The van der Waals surface area contributed by atoms with Crippen LogP contribution < -0.4 is 10.2 Å². The zero-order valence-corrected chi connectivity index (χ0v) is 11.5. The molecule has 0 atom stereocenters. The van der Waals surface area contributed by atoms with Gasteiger partial charge in [0.1, 0.15) is 5.82 Å². The Bertz CT molecular complexity index is 377. The molecule has 1 heterocycles.